The van der Waals surface area contributed by atoms with Crippen molar-refractivity contribution < 1.29 is 57.2 Å². The molecule has 2 fully saturated rings. The molecule has 2 aliphatic heterocycles. The van der Waals surface area contributed by atoms with Crippen molar-refractivity contribution in [2.75, 3.05) is 18.4 Å². The maximum atomic E-state index is 12.2. The van der Waals surface area contributed by atoms with Crippen molar-refractivity contribution in [2.45, 2.75) is 18.5 Å². The van der Waals surface area contributed by atoms with Crippen LogP contribution in [0.25, 0.3) is 0 Å². The summed E-state index contributed by atoms with van der Waals surface area (Å²) in [7, 11) is -4.82. The molecule has 2 atom stereocenters. The Labute approximate surface area is 160 Å². The SMILES string of the molecule is O=C(CNc1ccc(O)cc1)N1CC[C@@H]2[C@H]1C(=O)N2S(=O)(=O)[O-].[Na+]. The van der Waals surface area contributed by atoms with Gasteiger partial charge in [-0.25, -0.2) is 12.7 Å². The van der Waals surface area contributed by atoms with E-state index in [1.165, 1.54) is 17.0 Å². The van der Waals surface area contributed by atoms with Gasteiger partial charge in [-0.2, -0.15) is 0 Å². The van der Waals surface area contributed by atoms with Crippen molar-refractivity contribution >= 4 is 27.8 Å². The van der Waals surface area contributed by atoms with E-state index in [0.717, 1.165) is 0 Å². The molecule has 2 saturated heterocycles. The molecule has 1 aromatic carbocycles. The minimum absolute atomic E-state index is 0. The summed E-state index contributed by atoms with van der Waals surface area (Å²) in [6.45, 7) is 0.147. The molecule has 124 valence electrons. The molecule has 2 aliphatic rings. The fraction of sp³-hybridized carbons (Fsp3) is 0.385. The molecule has 2 amide bonds. The van der Waals surface area contributed by atoms with E-state index in [1.807, 2.05) is 0 Å². The standard InChI is InChI=1S/C13H15N3O6S.Na/c17-9-3-1-8(2-4-9)14-7-11(18)15-6-5-10-12(15)13(19)16(10)23(20,21)22;/h1-4,10,12,14,17H,5-7H2,(H,20,21,22);/q;+1/p-1/t10-,12+;/m1./s1. The summed E-state index contributed by atoms with van der Waals surface area (Å²) in [5, 5.41) is 12.0. The average Bonchev–Trinajstić information content (AvgIpc) is 2.83. The number of β-lactam (4-membered cyclic amide) rings is 1. The van der Waals surface area contributed by atoms with Crippen molar-refractivity contribution in [3.8, 4) is 5.75 Å². The fourth-order valence-corrected chi connectivity index (χ4v) is 3.83. The number of benzene rings is 1. The van der Waals surface area contributed by atoms with Gasteiger partial charge in [-0.15, -0.1) is 0 Å². The monoisotopic (exact) mass is 363 g/mol. The first kappa shape index (κ1) is 19.0. The van der Waals surface area contributed by atoms with Gasteiger partial charge in [0.2, 0.25) is 5.91 Å². The first-order valence-electron chi connectivity index (χ1n) is 6.90. The Hall–Kier alpha value is -1.33. The van der Waals surface area contributed by atoms with E-state index >= 15 is 0 Å². The number of carbonyl (C=O) groups is 2. The Balaban J connectivity index is 0.00000208. The molecule has 0 aromatic heterocycles. The van der Waals surface area contributed by atoms with E-state index in [4.69, 9.17) is 0 Å². The molecule has 24 heavy (non-hydrogen) atoms. The van der Waals surface area contributed by atoms with E-state index in [-0.39, 0.29) is 60.7 Å². The van der Waals surface area contributed by atoms with Crippen LogP contribution < -0.4 is 34.9 Å². The zero-order chi connectivity index (χ0) is 16.8. The van der Waals surface area contributed by atoms with Crippen molar-refractivity contribution in [1.82, 2.24) is 9.21 Å². The number of anilines is 1. The van der Waals surface area contributed by atoms with Crippen LogP contribution in [0, 0.1) is 0 Å². The molecular weight excluding hydrogens is 349 g/mol. The molecule has 0 unspecified atom stereocenters. The number of rotatable bonds is 4. The second kappa shape index (κ2) is 6.89. The zero-order valence-corrected chi connectivity index (χ0v) is 15.7. The summed E-state index contributed by atoms with van der Waals surface area (Å²) >= 11 is 0. The van der Waals surface area contributed by atoms with Gasteiger partial charge in [0.1, 0.15) is 11.8 Å². The zero-order valence-electron chi connectivity index (χ0n) is 12.9. The van der Waals surface area contributed by atoms with E-state index in [0.29, 0.717) is 9.99 Å². The molecule has 0 radical (unpaired) electrons. The number of hydrogen-bond donors (Lipinski definition) is 2. The Morgan fingerprint density at radius 1 is 1.33 bits per heavy atom. The first-order valence-corrected chi connectivity index (χ1v) is 8.27. The number of amides is 2. The van der Waals surface area contributed by atoms with Crippen LogP contribution >= 0.6 is 0 Å². The first-order chi connectivity index (χ1) is 10.8. The van der Waals surface area contributed by atoms with Gasteiger partial charge in [-0.05, 0) is 30.7 Å². The van der Waals surface area contributed by atoms with Gasteiger partial charge in [-0.3, -0.25) is 9.59 Å². The van der Waals surface area contributed by atoms with Crippen LogP contribution in [0.1, 0.15) is 6.42 Å². The number of carbonyl (C=O) groups excluding carboxylic acids is 2. The summed E-state index contributed by atoms with van der Waals surface area (Å²) in [5.41, 5.74) is 0.621. The fourth-order valence-electron chi connectivity index (χ4n) is 2.95. The van der Waals surface area contributed by atoms with Crippen LogP contribution in [-0.4, -0.2) is 64.3 Å². The predicted molar refractivity (Wildman–Crippen MR) is 77.0 cm³/mol. The maximum Gasteiger partial charge on any atom is 1.00 e. The third-order valence-corrected chi connectivity index (χ3v) is 4.94. The number of hydrogen-bond acceptors (Lipinski definition) is 7. The molecule has 0 bridgehead atoms. The van der Waals surface area contributed by atoms with Crippen LogP contribution in [-0.2, 0) is 19.9 Å². The van der Waals surface area contributed by atoms with E-state index in [9.17, 15) is 27.7 Å². The van der Waals surface area contributed by atoms with Crippen LogP contribution in [0.5, 0.6) is 5.75 Å². The quantitative estimate of drug-likeness (QED) is 0.242. The molecule has 0 aliphatic carbocycles. The summed E-state index contributed by atoms with van der Waals surface area (Å²) in [5.74, 6) is -1.11. The minimum atomic E-state index is -4.82. The van der Waals surface area contributed by atoms with E-state index in [2.05, 4.69) is 5.32 Å². The molecule has 1 aromatic rings. The van der Waals surface area contributed by atoms with Crippen LogP contribution in [0.3, 0.4) is 0 Å². The Kier molecular flexibility index (Phi) is 5.45. The third-order valence-electron chi connectivity index (χ3n) is 4.01. The van der Waals surface area contributed by atoms with E-state index < -0.39 is 28.3 Å². The van der Waals surface area contributed by atoms with Crippen molar-refractivity contribution in [3.63, 3.8) is 0 Å². The molecule has 0 saturated carbocycles. The number of nitrogens with one attached hydrogen (secondary N) is 1. The molecule has 2 N–H and O–H groups in total. The summed E-state index contributed by atoms with van der Waals surface area (Å²) in [4.78, 5) is 25.3. The molecule has 9 nitrogen and oxygen atoms in total. The van der Waals surface area contributed by atoms with Gasteiger partial charge in [-0.1, -0.05) is 0 Å². The number of nitrogens with zero attached hydrogens (tertiary/aromatic N) is 2. The van der Waals surface area contributed by atoms with Gasteiger partial charge in [0, 0.05) is 12.2 Å². The van der Waals surface area contributed by atoms with Gasteiger partial charge in [0.05, 0.1) is 12.6 Å². The molecule has 2 heterocycles. The second-order valence-electron chi connectivity index (χ2n) is 5.38. The molecular formula is C13H14N3NaO6S. The van der Waals surface area contributed by atoms with Crippen LogP contribution in [0.2, 0.25) is 0 Å². The van der Waals surface area contributed by atoms with Gasteiger partial charge in [0.15, 0.2) is 10.3 Å². The average molecular weight is 363 g/mol. The number of likely N-dealkylation sites (tertiary alicyclic amines) is 1. The largest absolute Gasteiger partial charge is 1.00 e. The van der Waals surface area contributed by atoms with Crippen molar-refractivity contribution in [3.05, 3.63) is 24.3 Å². The minimum Gasteiger partial charge on any atom is -0.731 e. The van der Waals surface area contributed by atoms with Crippen LogP contribution in [0.15, 0.2) is 24.3 Å². The Morgan fingerprint density at radius 2 is 1.96 bits per heavy atom. The smallest absolute Gasteiger partial charge is 0.731 e. The van der Waals surface area contributed by atoms with Crippen molar-refractivity contribution in [2.24, 2.45) is 0 Å². The van der Waals surface area contributed by atoms with E-state index in [1.54, 1.807) is 12.1 Å². The Morgan fingerprint density at radius 3 is 2.54 bits per heavy atom. The topological polar surface area (TPSA) is 130 Å². The van der Waals surface area contributed by atoms with Gasteiger partial charge in [0.25, 0.3) is 5.91 Å². The summed E-state index contributed by atoms with van der Waals surface area (Å²) in [6.07, 6.45) is 0.267. The molecule has 3 rings (SSSR count). The maximum absolute atomic E-state index is 12.2. The van der Waals surface area contributed by atoms with Gasteiger partial charge >= 0.3 is 29.6 Å². The predicted octanol–water partition coefficient (Wildman–Crippen LogP) is -3.92. The summed E-state index contributed by atoms with van der Waals surface area (Å²) in [6, 6.07) is 4.50. The number of fused-ring (bicyclic) bond motifs is 1. The number of aromatic hydroxyl groups is 1. The Bertz CT molecular complexity index is 753. The summed E-state index contributed by atoms with van der Waals surface area (Å²) < 4.78 is 33.3. The second-order valence-corrected chi connectivity index (χ2v) is 6.63. The number of phenols is 1. The third kappa shape index (κ3) is 3.38. The number of phenolic OH excluding ortho intramolecular Hbond substituents is 1. The molecule has 0 spiro atoms. The van der Waals surface area contributed by atoms with Gasteiger partial charge < -0.3 is 19.9 Å². The van der Waals surface area contributed by atoms with Crippen LogP contribution in [0.4, 0.5) is 5.69 Å². The van der Waals surface area contributed by atoms with Crippen molar-refractivity contribution in [1.29, 1.82) is 0 Å². The normalized spacial score (nSPS) is 22.5. The molecule has 11 heteroatoms.